The molecule has 0 spiro atoms. The summed E-state index contributed by atoms with van der Waals surface area (Å²) in [5.41, 5.74) is -0.965. The maximum absolute atomic E-state index is 13.9. The minimum Gasteiger partial charge on any atom is -0.480 e. The zero-order chi connectivity index (χ0) is 15.4. The van der Waals surface area contributed by atoms with E-state index in [1.54, 1.807) is 0 Å². The number of likely N-dealkylation sites (N-methyl/N-ethyl adjacent to an activating group) is 1. The van der Waals surface area contributed by atoms with Crippen LogP contribution in [-0.2, 0) is 4.79 Å². The number of rotatable bonds is 5. The van der Waals surface area contributed by atoms with E-state index in [1.807, 2.05) is 0 Å². The Morgan fingerprint density at radius 2 is 2.05 bits per heavy atom. The number of nitro groups is 1. The Labute approximate surface area is 113 Å². The van der Waals surface area contributed by atoms with E-state index in [9.17, 15) is 24.1 Å². The highest BCUT2D eigenvalue weighted by Gasteiger charge is 2.24. The summed E-state index contributed by atoms with van der Waals surface area (Å²) in [5.74, 6) is -3.02. The molecule has 0 aliphatic carbocycles. The first kappa shape index (κ1) is 15.5. The molecule has 0 radical (unpaired) electrons. The molecule has 0 bridgehead atoms. The van der Waals surface area contributed by atoms with Gasteiger partial charge in [0, 0.05) is 18.7 Å². The summed E-state index contributed by atoms with van der Waals surface area (Å²) in [5, 5.41) is 19.4. The minimum absolute atomic E-state index is 0.0473. The van der Waals surface area contributed by atoms with Crippen molar-refractivity contribution in [1.82, 2.24) is 4.90 Å². The molecule has 8 heteroatoms. The van der Waals surface area contributed by atoms with E-state index in [0.29, 0.717) is 0 Å². The van der Waals surface area contributed by atoms with Gasteiger partial charge in [0.1, 0.15) is 12.4 Å². The van der Waals surface area contributed by atoms with Gasteiger partial charge < -0.3 is 10.0 Å². The van der Waals surface area contributed by atoms with Crippen molar-refractivity contribution in [3.63, 3.8) is 0 Å². The zero-order valence-electron chi connectivity index (χ0n) is 10.9. The number of hydrogen-bond donors (Lipinski definition) is 1. The Morgan fingerprint density at radius 3 is 2.50 bits per heavy atom. The number of carboxylic acids is 1. The minimum atomic E-state index is -1.25. The molecule has 0 aliphatic rings. The molecular formula is C12H13FN2O5. The molecular weight excluding hydrogens is 271 g/mol. The molecule has 20 heavy (non-hydrogen) atoms. The quantitative estimate of drug-likeness (QED) is 0.653. The molecule has 0 heterocycles. The van der Waals surface area contributed by atoms with Crippen LogP contribution >= 0.6 is 0 Å². The molecule has 0 fully saturated rings. The van der Waals surface area contributed by atoms with Crippen molar-refractivity contribution < 1.29 is 24.0 Å². The van der Waals surface area contributed by atoms with Crippen molar-refractivity contribution in [3.05, 3.63) is 39.2 Å². The molecule has 1 amide bonds. The van der Waals surface area contributed by atoms with Gasteiger partial charge in [-0.25, -0.2) is 4.39 Å². The third kappa shape index (κ3) is 3.28. The lowest BCUT2D eigenvalue weighted by Crippen LogP contribution is -2.36. The lowest BCUT2D eigenvalue weighted by molar-refractivity contribution is -0.385. The van der Waals surface area contributed by atoms with Crippen molar-refractivity contribution in [1.29, 1.82) is 0 Å². The summed E-state index contributed by atoms with van der Waals surface area (Å²) >= 11 is 0. The van der Waals surface area contributed by atoms with Crippen LogP contribution in [0.15, 0.2) is 12.1 Å². The highest BCUT2D eigenvalue weighted by atomic mass is 19.1. The lowest BCUT2D eigenvalue weighted by atomic mass is 10.1. The van der Waals surface area contributed by atoms with Gasteiger partial charge in [0.25, 0.3) is 11.6 Å². The van der Waals surface area contributed by atoms with Crippen LogP contribution in [-0.4, -0.2) is 39.9 Å². The van der Waals surface area contributed by atoms with Crippen molar-refractivity contribution in [2.45, 2.75) is 13.8 Å². The van der Waals surface area contributed by atoms with E-state index in [0.717, 1.165) is 17.0 Å². The Balaban J connectivity index is 3.26. The average Bonchev–Trinajstić information content (AvgIpc) is 2.37. The molecule has 1 aromatic rings. The van der Waals surface area contributed by atoms with Gasteiger partial charge in [-0.2, -0.15) is 0 Å². The Morgan fingerprint density at radius 1 is 1.45 bits per heavy atom. The topological polar surface area (TPSA) is 101 Å². The standard InChI is InChI=1S/C12H13FN2O5/c1-3-14(6-10(16)17)12(18)9-5-8(15(19)20)4-7(2)11(9)13/h4-5H,3,6H2,1-2H3,(H,16,17). The highest BCUT2D eigenvalue weighted by molar-refractivity contribution is 5.96. The van der Waals surface area contributed by atoms with Crippen molar-refractivity contribution in [2.75, 3.05) is 13.1 Å². The summed E-state index contributed by atoms with van der Waals surface area (Å²) in [6, 6.07) is 1.83. The van der Waals surface area contributed by atoms with Crippen LogP contribution in [0.1, 0.15) is 22.8 Å². The largest absolute Gasteiger partial charge is 0.480 e. The summed E-state index contributed by atoms with van der Waals surface area (Å²) in [7, 11) is 0. The number of benzene rings is 1. The molecule has 0 unspecified atom stereocenters. The predicted octanol–water partition coefficient (Wildman–Crippen LogP) is 1.59. The third-order valence-electron chi connectivity index (χ3n) is 2.68. The smallest absolute Gasteiger partial charge is 0.323 e. The first-order valence-corrected chi connectivity index (χ1v) is 5.73. The second kappa shape index (κ2) is 6.09. The molecule has 108 valence electrons. The van der Waals surface area contributed by atoms with E-state index in [1.165, 1.54) is 13.8 Å². The number of hydrogen-bond acceptors (Lipinski definition) is 4. The predicted molar refractivity (Wildman–Crippen MR) is 67.0 cm³/mol. The van der Waals surface area contributed by atoms with Crippen LogP contribution in [0.4, 0.5) is 10.1 Å². The van der Waals surface area contributed by atoms with E-state index in [-0.39, 0.29) is 12.1 Å². The molecule has 0 saturated carbocycles. The fourth-order valence-corrected chi connectivity index (χ4v) is 1.67. The Kier molecular flexibility index (Phi) is 4.73. The first-order valence-electron chi connectivity index (χ1n) is 5.73. The average molecular weight is 284 g/mol. The van der Waals surface area contributed by atoms with Gasteiger partial charge in [0.05, 0.1) is 10.5 Å². The number of nitrogens with zero attached hydrogens (tertiary/aromatic N) is 2. The summed E-state index contributed by atoms with van der Waals surface area (Å²) in [6.07, 6.45) is 0. The van der Waals surface area contributed by atoms with Crippen LogP contribution in [0.3, 0.4) is 0 Å². The van der Waals surface area contributed by atoms with Gasteiger partial charge in [-0.15, -0.1) is 0 Å². The normalized spacial score (nSPS) is 10.2. The summed E-state index contributed by atoms with van der Waals surface area (Å²) < 4.78 is 13.9. The van der Waals surface area contributed by atoms with Crippen LogP contribution in [0.5, 0.6) is 0 Å². The number of carbonyl (C=O) groups excluding carboxylic acids is 1. The number of carbonyl (C=O) groups is 2. The molecule has 7 nitrogen and oxygen atoms in total. The number of amides is 1. The van der Waals surface area contributed by atoms with Crippen molar-refractivity contribution in [3.8, 4) is 0 Å². The van der Waals surface area contributed by atoms with Gasteiger partial charge in [0.2, 0.25) is 0 Å². The van der Waals surface area contributed by atoms with E-state index >= 15 is 0 Å². The van der Waals surface area contributed by atoms with E-state index in [4.69, 9.17) is 5.11 Å². The van der Waals surface area contributed by atoms with Gasteiger partial charge >= 0.3 is 5.97 Å². The molecule has 0 saturated heterocycles. The number of aryl methyl sites for hydroxylation is 1. The van der Waals surface area contributed by atoms with Gasteiger partial charge in [-0.3, -0.25) is 19.7 Å². The first-order chi connectivity index (χ1) is 9.27. The number of carboxylic acid groups (broad SMARTS) is 1. The number of halogens is 1. The second-order valence-corrected chi connectivity index (χ2v) is 4.09. The van der Waals surface area contributed by atoms with E-state index < -0.39 is 40.4 Å². The Bertz CT molecular complexity index is 573. The van der Waals surface area contributed by atoms with Crippen LogP contribution in [0.25, 0.3) is 0 Å². The maximum Gasteiger partial charge on any atom is 0.323 e. The monoisotopic (exact) mass is 284 g/mol. The van der Waals surface area contributed by atoms with Crippen molar-refractivity contribution in [2.24, 2.45) is 0 Å². The number of aliphatic carboxylic acids is 1. The fourth-order valence-electron chi connectivity index (χ4n) is 1.67. The SMILES string of the molecule is CCN(CC(=O)O)C(=O)c1cc([N+](=O)[O-])cc(C)c1F. The molecule has 1 N–H and O–H groups in total. The number of nitro benzene ring substituents is 1. The van der Waals surface area contributed by atoms with Crippen LogP contribution in [0.2, 0.25) is 0 Å². The molecule has 0 aromatic heterocycles. The van der Waals surface area contributed by atoms with Crippen molar-refractivity contribution >= 4 is 17.6 Å². The summed E-state index contributed by atoms with van der Waals surface area (Å²) in [4.78, 5) is 33.6. The summed E-state index contributed by atoms with van der Waals surface area (Å²) in [6.45, 7) is 2.28. The number of non-ortho nitro benzene ring substituents is 1. The molecule has 0 atom stereocenters. The fraction of sp³-hybridized carbons (Fsp3) is 0.333. The third-order valence-corrected chi connectivity index (χ3v) is 2.68. The lowest BCUT2D eigenvalue weighted by Gasteiger charge is -2.19. The van der Waals surface area contributed by atoms with Gasteiger partial charge in [-0.1, -0.05) is 0 Å². The second-order valence-electron chi connectivity index (χ2n) is 4.09. The molecule has 1 rings (SSSR count). The molecule has 0 aliphatic heterocycles. The van der Waals surface area contributed by atoms with Crippen LogP contribution < -0.4 is 0 Å². The van der Waals surface area contributed by atoms with Gasteiger partial charge in [-0.05, 0) is 19.4 Å². The van der Waals surface area contributed by atoms with Crippen LogP contribution in [0, 0.1) is 22.9 Å². The molecule has 1 aromatic carbocycles. The van der Waals surface area contributed by atoms with E-state index in [2.05, 4.69) is 0 Å². The zero-order valence-corrected chi connectivity index (χ0v) is 10.9. The maximum atomic E-state index is 13.9. The van der Waals surface area contributed by atoms with Gasteiger partial charge in [0.15, 0.2) is 0 Å². The highest BCUT2D eigenvalue weighted by Crippen LogP contribution is 2.22. The Hall–Kier alpha value is -2.51.